The van der Waals surface area contributed by atoms with Crippen molar-refractivity contribution in [2.24, 2.45) is 11.7 Å². The number of primary amides is 1. The predicted octanol–water partition coefficient (Wildman–Crippen LogP) is 1.37. The third-order valence-corrected chi connectivity index (χ3v) is 3.81. The van der Waals surface area contributed by atoms with Gasteiger partial charge in [0.05, 0.1) is 4.92 Å². The van der Waals surface area contributed by atoms with Crippen molar-refractivity contribution in [2.45, 2.75) is 31.7 Å². The van der Waals surface area contributed by atoms with E-state index in [2.05, 4.69) is 5.32 Å². The number of hydrogen-bond donors (Lipinski definition) is 2. The van der Waals surface area contributed by atoms with Crippen molar-refractivity contribution >= 4 is 17.5 Å². The van der Waals surface area contributed by atoms with Gasteiger partial charge in [-0.05, 0) is 31.7 Å². The van der Waals surface area contributed by atoms with Gasteiger partial charge in [0.25, 0.3) is 11.6 Å². The molecule has 7 heteroatoms. The van der Waals surface area contributed by atoms with Crippen LogP contribution in [0, 0.1) is 16.0 Å². The summed E-state index contributed by atoms with van der Waals surface area (Å²) < 4.78 is 0. The fraction of sp³-hybridized carbons (Fsp3) is 0.429. The average Bonchev–Trinajstić information content (AvgIpc) is 2.47. The molecule has 1 saturated carbocycles. The van der Waals surface area contributed by atoms with E-state index < -0.39 is 10.8 Å². The number of rotatable bonds is 4. The van der Waals surface area contributed by atoms with Crippen molar-refractivity contribution < 1.29 is 14.5 Å². The zero-order chi connectivity index (χ0) is 15.4. The Morgan fingerprint density at radius 1 is 1.19 bits per heavy atom. The van der Waals surface area contributed by atoms with Crippen molar-refractivity contribution in [3.8, 4) is 0 Å². The summed E-state index contributed by atoms with van der Waals surface area (Å²) >= 11 is 0. The third kappa shape index (κ3) is 3.56. The molecule has 112 valence electrons. The van der Waals surface area contributed by atoms with E-state index in [1.165, 1.54) is 18.2 Å². The van der Waals surface area contributed by atoms with Crippen LogP contribution in [-0.2, 0) is 4.79 Å². The van der Waals surface area contributed by atoms with E-state index in [1.54, 1.807) is 6.07 Å². The minimum atomic E-state index is -0.571. The zero-order valence-electron chi connectivity index (χ0n) is 11.5. The van der Waals surface area contributed by atoms with Gasteiger partial charge in [0.1, 0.15) is 5.56 Å². The standard InChI is InChI=1S/C14H17N3O4/c15-13(18)9-5-7-10(8-6-9)16-14(19)11-3-1-2-4-12(11)17(20)21/h1-4,9-10H,5-8H2,(H2,15,18)(H,16,19)/t9-,10+. The first-order valence-corrected chi connectivity index (χ1v) is 6.82. The quantitative estimate of drug-likeness (QED) is 0.643. The molecule has 1 aliphatic rings. The van der Waals surface area contributed by atoms with Crippen LogP contribution < -0.4 is 11.1 Å². The Morgan fingerprint density at radius 2 is 1.81 bits per heavy atom. The lowest BCUT2D eigenvalue weighted by atomic mass is 9.85. The first-order chi connectivity index (χ1) is 9.99. The molecule has 21 heavy (non-hydrogen) atoms. The molecular formula is C14H17N3O4. The Morgan fingerprint density at radius 3 is 2.38 bits per heavy atom. The van der Waals surface area contributed by atoms with Gasteiger partial charge in [-0.15, -0.1) is 0 Å². The summed E-state index contributed by atoms with van der Waals surface area (Å²) in [5, 5.41) is 13.7. The zero-order valence-corrected chi connectivity index (χ0v) is 11.5. The number of nitro benzene ring substituents is 1. The number of nitrogens with one attached hydrogen (secondary N) is 1. The number of nitrogens with two attached hydrogens (primary N) is 1. The van der Waals surface area contributed by atoms with E-state index in [4.69, 9.17) is 5.73 Å². The Bertz CT molecular complexity index is 565. The van der Waals surface area contributed by atoms with Crippen LogP contribution in [0.5, 0.6) is 0 Å². The Kier molecular flexibility index (Phi) is 4.52. The van der Waals surface area contributed by atoms with Gasteiger partial charge in [0, 0.05) is 18.0 Å². The number of carbonyl (C=O) groups is 2. The lowest BCUT2D eigenvalue weighted by Crippen LogP contribution is -2.39. The molecule has 1 aromatic carbocycles. The van der Waals surface area contributed by atoms with Crippen LogP contribution in [0.15, 0.2) is 24.3 Å². The van der Waals surface area contributed by atoms with Crippen molar-refractivity contribution in [3.63, 3.8) is 0 Å². The van der Waals surface area contributed by atoms with Gasteiger partial charge in [-0.3, -0.25) is 19.7 Å². The number of amides is 2. The van der Waals surface area contributed by atoms with Crippen LogP contribution in [-0.4, -0.2) is 22.8 Å². The molecule has 2 amide bonds. The molecule has 3 N–H and O–H groups in total. The summed E-state index contributed by atoms with van der Waals surface area (Å²) in [7, 11) is 0. The Labute approximate surface area is 121 Å². The molecular weight excluding hydrogens is 274 g/mol. The highest BCUT2D eigenvalue weighted by molar-refractivity contribution is 5.98. The Balaban J connectivity index is 2.00. The van der Waals surface area contributed by atoms with Crippen molar-refractivity contribution in [3.05, 3.63) is 39.9 Å². The van der Waals surface area contributed by atoms with Gasteiger partial charge in [-0.2, -0.15) is 0 Å². The highest BCUT2D eigenvalue weighted by Gasteiger charge is 2.27. The van der Waals surface area contributed by atoms with E-state index in [1.807, 2.05) is 0 Å². The van der Waals surface area contributed by atoms with Gasteiger partial charge < -0.3 is 11.1 Å². The molecule has 1 aliphatic carbocycles. The minimum Gasteiger partial charge on any atom is -0.369 e. The summed E-state index contributed by atoms with van der Waals surface area (Å²) in [5.74, 6) is -0.896. The average molecular weight is 291 g/mol. The summed E-state index contributed by atoms with van der Waals surface area (Å²) in [6.07, 6.45) is 2.58. The highest BCUT2D eigenvalue weighted by Crippen LogP contribution is 2.25. The van der Waals surface area contributed by atoms with Gasteiger partial charge >= 0.3 is 0 Å². The third-order valence-electron chi connectivity index (χ3n) is 3.81. The lowest BCUT2D eigenvalue weighted by molar-refractivity contribution is -0.385. The van der Waals surface area contributed by atoms with Gasteiger partial charge in [0.2, 0.25) is 5.91 Å². The number of nitro groups is 1. The van der Waals surface area contributed by atoms with E-state index >= 15 is 0 Å². The van der Waals surface area contributed by atoms with E-state index in [9.17, 15) is 19.7 Å². The Hall–Kier alpha value is -2.44. The maximum atomic E-state index is 12.1. The number of benzene rings is 1. The second-order valence-corrected chi connectivity index (χ2v) is 5.20. The summed E-state index contributed by atoms with van der Waals surface area (Å²) in [6, 6.07) is 5.77. The van der Waals surface area contributed by atoms with Crippen molar-refractivity contribution in [1.82, 2.24) is 5.32 Å². The monoisotopic (exact) mass is 291 g/mol. The van der Waals surface area contributed by atoms with E-state index in [-0.39, 0.29) is 29.1 Å². The highest BCUT2D eigenvalue weighted by atomic mass is 16.6. The fourth-order valence-electron chi connectivity index (χ4n) is 2.61. The molecule has 7 nitrogen and oxygen atoms in total. The van der Waals surface area contributed by atoms with E-state index in [0.29, 0.717) is 25.7 Å². The van der Waals surface area contributed by atoms with Crippen molar-refractivity contribution in [2.75, 3.05) is 0 Å². The van der Waals surface area contributed by atoms with Gasteiger partial charge in [0.15, 0.2) is 0 Å². The second-order valence-electron chi connectivity index (χ2n) is 5.20. The van der Waals surface area contributed by atoms with Crippen LogP contribution in [0.3, 0.4) is 0 Å². The molecule has 2 rings (SSSR count). The summed E-state index contributed by atoms with van der Waals surface area (Å²) in [4.78, 5) is 33.6. The SMILES string of the molecule is NC(=O)[C@H]1CC[C@@H](NC(=O)c2ccccc2[N+](=O)[O-])CC1. The molecule has 1 aromatic rings. The predicted molar refractivity (Wildman–Crippen MR) is 75.5 cm³/mol. The molecule has 0 bridgehead atoms. The molecule has 0 aromatic heterocycles. The molecule has 0 spiro atoms. The van der Waals surface area contributed by atoms with Gasteiger partial charge in [-0.1, -0.05) is 12.1 Å². The first-order valence-electron chi connectivity index (χ1n) is 6.82. The maximum Gasteiger partial charge on any atom is 0.282 e. The molecule has 0 unspecified atom stereocenters. The topological polar surface area (TPSA) is 115 Å². The molecule has 0 saturated heterocycles. The molecule has 1 fully saturated rings. The molecule has 0 heterocycles. The summed E-state index contributed by atoms with van der Waals surface area (Å²) in [6.45, 7) is 0. The van der Waals surface area contributed by atoms with Crippen molar-refractivity contribution in [1.29, 1.82) is 0 Å². The van der Waals surface area contributed by atoms with Crippen LogP contribution >= 0.6 is 0 Å². The fourth-order valence-corrected chi connectivity index (χ4v) is 2.61. The first kappa shape index (κ1) is 15.0. The molecule has 0 radical (unpaired) electrons. The van der Waals surface area contributed by atoms with Crippen LogP contribution in [0.25, 0.3) is 0 Å². The minimum absolute atomic E-state index is 0.0551. The number of hydrogen-bond acceptors (Lipinski definition) is 4. The second kappa shape index (κ2) is 6.34. The summed E-state index contributed by atoms with van der Waals surface area (Å²) in [5.41, 5.74) is 5.10. The smallest absolute Gasteiger partial charge is 0.282 e. The lowest BCUT2D eigenvalue weighted by Gasteiger charge is -2.27. The molecule has 0 aliphatic heterocycles. The van der Waals surface area contributed by atoms with E-state index in [0.717, 1.165) is 0 Å². The number of nitrogens with zero attached hydrogens (tertiary/aromatic N) is 1. The maximum absolute atomic E-state index is 12.1. The number of carbonyl (C=O) groups excluding carboxylic acids is 2. The largest absolute Gasteiger partial charge is 0.369 e. The van der Waals surface area contributed by atoms with Crippen LogP contribution in [0.2, 0.25) is 0 Å². The van der Waals surface area contributed by atoms with Crippen LogP contribution in [0.1, 0.15) is 36.0 Å². The number of para-hydroxylation sites is 1. The van der Waals surface area contributed by atoms with Crippen LogP contribution in [0.4, 0.5) is 5.69 Å². The van der Waals surface area contributed by atoms with Gasteiger partial charge in [-0.25, -0.2) is 0 Å². The normalized spacial score (nSPS) is 21.5. The molecule has 0 atom stereocenters.